The maximum absolute atomic E-state index is 11.2. The summed E-state index contributed by atoms with van der Waals surface area (Å²) in [5.74, 6) is 5.05. The highest BCUT2D eigenvalue weighted by atomic mass is 79.9. The van der Waals surface area contributed by atoms with Crippen molar-refractivity contribution in [3.05, 3.63) is 28.2 Å². The van der Waals surface area contributed by atoms with Crippen LogP contribution in [0.15, 0.2) is 22.7 Å². The molecule has 0 amide bonds. The lowest BCUT2D eigenvalue weighted by molar-refractivity contribution is -0.142. The van der Waals surface area contributed by atoms with E-state index >= 15 is 0 Å². The van der Waals surface area contributed by atoms with Gasteiger partial charge in [-0.3, -0.25) is 10.6 Å². The van der Waals surface area contributed by atoms with Gasteiger partial charge in [0.1, 0.15) is 0 Å². The van der Waals surface area contributed by atoms with E-state index < -0.39 is 0 Å². The van der Waals surface area contributed by atoms with Crippen molar-refractivity contribution >= 4 is 27.6 Å². The summed E-state index contributed by atoms with van der Waals surface area (Å²) in [6.45, 7) is 2.18. The van der Waals surface area contributed by atoms with Crippen molar-refractivity contribution in [2.75, 3.05) is 12.0 Å². The fourth-order valence-corrected chi connectivity index (χ4v) is 1.76. The summed E-state index contributed by atoms with van der Waals surface area (Å²) in [6.07, 6.45) is 0.252. The van der Waals surface area contributed by atoms with Gasteiger partial charge in [-0.05, 0) is 30.7 Å². The van der Waals surface area contributed by atoms with Gasteiger partial charge in [-0.2, -0.15) is 0 Å². The number of hydrazine groups is 1. The molecule has 0 aliphatic rings. The molecule has 0 heterocycles. The smallest absolute Gasteiger partial charge is 0.310 e. The third-order valence-electron chi connectivity index (χ3n) is 1.78. The number of ether oxygens (including phenoxy) is 1. The Morgan fingerprint density at radius 2 is 2.27 bits per heavy atom. The Morgan fingerprint density at radius 1 is 1.53 bits per heavy atom. The van der Waals surface area contributed by atoms with Crippen molar-refractivity contribution in [1.82, 2.24) is 0 Å². The second kappa shape index (κ2) is 5.72. The van der Waals surface area contributed by atoms with Crippen LogP contribution < -0.4 is 11.3 Å². The molecule has 0 fully saturated rings. The monoisotopic (exact) mass is 272 g/mol. The van der Waals surface area contributed by atoms with Crippen LogP contribution in [0.1, 0.15) is 12.5 Å². The molecule has 0 unspecified atom stereocenters. The molecule has 3 N–H and O–H groups in total. The molecule has 0 bridgehead atoms. The van der Waals surface area contributed by atoms with Gasteiger partial charge in [0.25, 0.3) is 0 Å². The van der Waals surface area contributed by atoms with Gasteiger partial charge in [0, 0.05) is 10.2 Å². The lowest BCUT2D eigenvalue weighted by Gasteiger charge is -2.06. The van der Waals surface area contributed by atoms with Gasteiger partial charge in [-0.15, -0.1) is 0 Å². The molecule has 0 aromatic heterocycles. The lowest BCUT2D eigenvalue weighted by Crippen LogP contribution is -2.10. The molecule has 0 saturated carbocycles. The molecule has 0 spiro atoms. The molecule has 5 heteroatoms. The van der Waals surface area contributed by atoms with E-state index in [1.807, 2.05) is 18.2 Å². The molecule has 0 radical (unpaired) electrons. The van der Waals surface area contributed by atoms with Crippen LogP contribution in [0.25, 0.3) is 0 Å². The highest BCUT2D eigenvalue weighted by molar-refractivity contribution is 9.10. The molecule has 82 valence electrons. The average Bonchev–Trinajstić information content (AvgIpc) is 2.17. The van der Waals surface area contributed by atoms with Crippen LogP contribution in [0.5, 0.6) is 0 Å². The number of hydrogen-bond acceptors (Lipinski definition) is 4. The summed E-state index contributed by atoms with van der Waals surface area (Å²) in [5.41, 5.74) is 4.14. The first-order valence-corrected chi connectivity index (χ1v) is 5.36. The Labute approximate surface area is 96.9 Å². The van der Waals surface area contributed by atoms with Gasteiger partial charge in [0.2, 0.25) is 0 Å². The third-order valence-corrected chi connectivity index (χ3v) is 2.24. The highest BCUT2D eigenvalue weighted by Gasteiger charge is 2.05. The van der Waals surface area contributed by atoms with E-state index in [0.29, 0.717) is 6.61 Å². The molecule has 0 saturated heterocycles. The number of benzene rings is 1. The topological polar surface area (TPSA) is 64.3 Å². The molecule has 1 aromatic carbocycles. The first-order valence-electron chi connectivity index (χ1n) is 4.57. The highest BCUT2D eigenvalue weighted by Crippen LogP contribution is 2.19. The van der Waals surface area contributed by atoms with Crippen LogP contribution in [0.2, 0.25) is 0 Å². The predicted octanol–water partition coefficient (Wildman–Crippen LogP) is 1.84. The SMILES string of the molecule is CCOC(=O)Cc1cc(Br)cc(NN)c1. The second-order valence-electron chi connectivity index (χ2n) is 2.97. The maximum atomic E-state index is 11.2. The number of hydrogen-bond donors (Lipinski definition) is 2. The number of esters is 1. The third kappa shape index (κ3) is 3.89. The van der Waals surface area contributed by atoms with Crippen molar-refractivity contribution in [1.29, 1.82) is 0 Å². The van der Waals surface area contributed by atoms with Crippen LogP contribution in [0.3, 0.4) is 0 Å². The summed E-state index contributed by atoms with van der Waals surface area (Å²) in [5, 5.41) is 0. The molecule has 0 atom stereocenters. The summed E-state index contributed by atoms with van der Waals surface area (Å²) in [6, 6.07) is 5.49. The molecule has 4 nitrogen and oxygen atoms in total. The number of nitrogens with two attached hydrogens (primary N) is 1. The molecule has 1 rings (SSSR count). The largest absolute Gasteiger partial charge is 0.466 e. The zero-order valence-electron chi connectivity index (χ0n) is 8.42. The van der Waals surface area contributed by atoms with Gasteiger partial charge >= 0.3 is 5.97 Å². The van der Waals surface area contributed by atoms with E-state index in [1.165, 1.54) is 0 Å². The Bertz CT molecular complexity index is 355. The van der Waals surface area contributed by atoms with Crippen LogP contribution >= 0.6 is 15.9 Å². The minimum atomic E-state index is -0.237. The van der Waals surface area contributed by atoms with Crippen molar-refractivity contribution in [3.8, 4) is 0 Å². The predicted molar refractivity (Wildman–Crippen MR) is 62.3 cm³/mol. The summed E-state index contributed by atoms with van der Waals surface area (Å²) < 4.78 is 5.73. The van der Waals surface area contributed by atoms with Crippen LogP contribution in [0, 0.1) is 0 Å². The Balaban J connectivity index is 2.76. The molecule has 0 aliphatic heterocycles. The maximum Gasteiger partial charge on any atom is 0.310 e. The van der Waals surface area contributed by atoms with Gasteiger partial charge in [0.15, 0.2) is 0 Å². The normalized spacial score (nSPS) is 9.80. The van der Waals surface area contributed by atoms with Crippen molar-refractivity contribution in [2.24, 2.45) is 5.84 Å². The summed E-state index contributed by atoms with van der Waals surface area (Å²) in [7, 11) is 0. The van der Waals surface area contributed by atoms with E-state index in [9.17, 15) is 4.79 Å². The summed E-state index contributed by atoms with van der Waals surface area (Å²) in [4.78, 5) is 11.2. The molecular weight excluding hydrogens is 260 g/mol. The first kappa shape index (κ1) is 12.0. The number of carbonyl (C=O) groups excluding carboxylic acids is 1. The minimum absolute atomic E-state index is 0.237. The Hall–Kier alpha value is -1.07. The van der Waals surface area contributed by atoms with Crippen LogP contribution in [-0.2, 0) is 16.0 Å². The summed E-state index contributed by atoms with van der Waals surface area (Å²) >= 11 is 3.34. The van der Waals surface area contributed by atoms with Gasteiger partial charge in [-0.1, -0.05) is 15.9 Å². The van der Waals surface area contributed by atoms with E-state index in [1.54, 1.807) is 6.92 Å². The zero-order valence-corrected chi connectivity index (χ0v) is 10.0. The van der Waals surface area contributed by atoms with Crippen molar-refractivity contribution in [2.45, 2.75) is 13.3 Å². The Kier molecular flexibility index (Phi) is 4.58. The van der Waals surface area contributed by atoms with E-state index in [2.05, 4.69) is 21.4 Å². The van der Waals surface area contributed by atoms with E-state index in [-0.39, 0.29) is 12.4 Å². The van der Waals surface area contributed by atoms with E-state index in [0.717, 1.165) is 15.7 Å². The number of nitrogen functional groups attached to an aromatic ring is 1. The fourth-order valence-electron chi connectivity index (χ4n) is 1.21. The number of nitrogens with one attached hydrogen (secondary N) is 1. The van der Waals surface area contributed by atoms with Crippen LogP contribution in [0.4, 0.5) is 5.69 Å². The van der Waals surface area contributed by atoms with Crippen LogP contribution in [-0.4, -0.2) is 12.6 Å². The van der Waals surface area contributed by atoms with Gasteiger partial charge in [-0.25, -0.2) is 0 Å². The van der Waals surface area contributed by atoms with Gasteiger partial charge in [0.05, 0.1) is 13.0 Å². The van der Waals surface area contributed by atoms with Crippen molar-refractivity contribution < 1.29 is 9.53 Å². The van der Waals surface area contributed by atoms with Crippen molar-refractivity contribution in [3.63, 3.8) is 0 Å². The molecule has 0 aliphatic carbocycles. The minimum Gasteiger partial charge on any atom is -0.466 e. The Morgan fingerprint density at radius 3 is 2.87 bits per heavy atom. The quantitative estimate of drug-likeness (QED) is 0.499. The lowest BCUT2D eigenvalue weighted by atomic mass is 10.1. The zero-order chi connectivity index (χ0) is 11.3. The second-order valence-corrected chi connectivity index (χ2v) is 3.89. The number of anilines is 1. The number of carbonyl (C=O) groups is 1. The fraction of sp³-hybridized carbons (Fsp3) is 0.300. The van der Waals surface area contributed by atoms with Gasteiger partial charge < -0.3 is 10.2 Å². The standard InChI is InChI=1S/C10H13BrN2O2/c1-2-15-10(14)5-7-3-8(11)6-9(4-7)13-12/h3-4,6,13H,2,5,12H2,1H3. The number of rotatable bonds is 4. The molecule has 15 heavy (non-hydrogen) atoms. The molecule has 1 aromatic rings. The number of halogens is 1. The average molecular weight is 273 g/mol. The first-order chi connectivity index (χ1) is 7.15. The molecular formula is C10H13BrN2O2. The van der Waals surface area contributed by atoms with E-state index in [4.69, 9.17) is 10.6 Å².